The van der Waals surface area contributed by atoms with Crippen LogP contribution >= 0.6 is 11.3 Å². The van der Waals surface area contributed by atoms with E-state index in [2.05, 4.69) is 10.5 Å². The molecule has 28 heavy (non-hydrogen) atoms. The van der Waals surface area contributed by atoms with E-state index < -0.39 is 5.97 Å². The molecule has 2 aromatic heterocycles. The Morgan fingerprint density at radius 2 is 2.11 bits per heavy atom. The molecular formula is C19H16N2O6S. The third kappa shape index (κ3) is 4.77. The number of hydrogen-bond donors (Lipinski definition) is 2. The highest BCUT2D eigenvalue weighted by molar-refractivity contribution is 7.12. The van der Waals surface area contributed by atoms with Crippen LogP contribution in [0.25, 0.3) is 0 Å². The predicted octanol–water partition coefficient (Wildman–Crippen LogP) is 3.39. The van der Waals surface area contributed by atoms with Gasteiger partial charge >= 0.3 is 5.97 Å². The van der Waals surface area contributed by atoms with E-state index in [9.17, 15) is 9.59 Å². The van der Waals surface area contributed by atoms with Crippen molar-refractivity contribution in [2.75, 3.05) is 7.11 Å². The standard InChI is InChI=1S/C19H16N2O6S/c1-25-16-9-12(10-20-21-18(22)17-3-2-8-28-17)4-6-14(16)26-11-13-5-7-15(27-13)19(23)24/h2-10H,11H2,1H3,(H,21,22)(H,23,24)/b20-10+. The molecule has 3 rings (SSSR count). The molecule has 0 fully saturated rings. The summed E-state index contributed by atoms with van der Waals surface area (Å²) < 4.78 is 16.1. The first-order valence-electron chi connectivity index (χ1n) is 8.06. The second-order valence-corrected chi connectivity index (χ2v) is 6.39. The van der Waals surface area contributed by atoms with Crippen LogP contribution in [0, 0.1) is 0 Å². The Hall–Kier alpha value is -3.59. The van der Waals surface area contributed by atoms with Crippen LogP contribution in [0.5, 0.6) is 11.5 Å². The Bertz CT molecular complexity index is 994. The van der Waals surface area contributed by atoms with Gasteiger partial charge in [0.05, 0.1) is 18.2 Å². The molecule has 1 amide bonds. The quantitative estimate of drug-likeness (QED) is 0.443. The molecule has 144 valence electrons. The van der Waals surface area contributed by atoms with Crippen molar-refractivity contribution in [2.45, 2.75) is 6.61 Å². The maximum absolute atomic E-state index is 11.8. The molecule has 0 aliphatic rings. The van der Waals surface area contributed by atoms with Crippen LogP contribution in [-0.2, 0) is 6.61 Å². The number of carbonyl (C=O) groups excluding carboxylic acids is 1. The van der Waals surface area contributed by atoms with Gasteiger partial charge in [-0.1, -0.05) is 6.07 Å². The molecule has 0 radical (unpaired) electrons. The Morgan fingerprint density at radius 3 is 2.79 bits per heavy atom. The number of furan rings is 1. The Kier molecular flexibility index (Phi) is 6.07. The second-order valence-electron chi connectivity index (χ2n) is 5.45. The highest BCUT2D eigenvalue weighted by atomic mass is 32.1. The molecule has 9 heteroatoms. The topological polar surface area (TPSA) is 110 Å². The van der Waals surface area contributed by atoms with E-state index in [1.165, 1.54) is 36.8 Å². The Balaban J connectivity index is 1.61. The zero-order chi connectivity index (χ0) is 19.9. The lowest BCUT2D eigenvalue weighted by Gasteiger charge is -2.10. The van der Waals surface area contributed by atoms with Crippen LogP contribution in [0.2, 0.25) is 0 Å². The van der Waals surface area contributed by atoms with Gasteiger partial charge in [-0.05, 0) is 47.3 Å². The zero-order valence-corrected chi connectivity index (χ0v) is 15.6. The second kappa shape index (κ2) is 8.87. The van der Waals surface area contributed by atoms with Crippen LogP contribution < -0.4 is 14.9 Å². The van der Waals surface area contributed by atoms with Gasteiger partial charge in [-0.15, -0.1) is 11.3 Å². The van der Waals surface area contributed by atoms with Crippen LogP contribution in [0.1, 0.15) is 31.6 Å². The number of carboxylic acids is 1. The number of benzene rings is 1. The number of nitrogens with zero attached hydrogens (tertiary/aromatic N) is 1. The maximum atomic E-state index is 11.8. The number of nitrogens with one attached hydrogen (secondary N) is 1. The van der Waals surface area contributed by atoms with Gasteiger partial charge in [0.1, 0.15) is 12.4 Å². The van der Waals surface area contributed by atoms with Crippen molar-refractivity contribution in [1.82, 2.24) is 5.43 Å². The van der Waals surface area contributed by atoms with Crippen LogP contribution in [0.15, 0.2) is 57.4 Å². The average molecular weight is 400 g/mol. The first kappa shape index (κ1) is 19.2. The summed E-state index contributed by atoms with van der Waals surface area (Å²) in [6.07, 6.45) is 1.49. The van der Waals surface area contributed by atoms with Crippen LogP contribution in [0.3, 0.4) is 0 Å². The normalized spacial score (nSPS) is 10.8. The highest BCUT2D eigenvalue weighted by Gasteiger charge is 2.11. The summed E-state index contributed by atoms with van der Waals surface area (Å²) in [6.45, 7) is 0.0496. The average Bonchev–Trinajstić information content (AvgIpc) is 3.38. The molecule has 0 aliphatic carbocycles. The Labute approximate surface area is 164 Å². The number of aromatic carboxylic acids is 1. The van der Waals surface area contributed by atoms with Gasteiger partial charge in [0, 0.05) is 0 Å². The monoisotopic (exact) mass is 400 g/mol. The molecule has 0 spiro atoms. The summed E-state index contributed by atoms with van der Waals surface area (Å²) in [5.41, 5.74) is 3.15. The largest absolute Gasteiger partial charge is 0.493 e. The Morgan fingerprint density at radius 1 is 1.25 bits per heavy atom. The van der Waals surface area contributed by atoms with Gasteiger partial charge in [0.25, 0.3) is 5.91 Å². The maximum Gasteiger partial charge on any atom is 0.371 e. The molecule has 0 aliphatic heterocycles. The third-order valence-electron chi connectivity index (χ3n) is 3.55. The van der Waals surface area contributed by atoms with E-state index >= 15 is 0 Å². The number of rotatable bonds is 8. The number of hydrazone groups is 1. The van der Waals surface area contributed by atoms with Crippen LogP contribution in [-0.4, -0.2) is 30.3 Å². The van der Waals surface area contributed by atoms with Gasteiger partial charge < -0.3 is 19.0 Å². The molecule has 2 N–H and O–H groups in total. The van der Waals surface area contributed by atoms with E-state index in [1.54, 1.807) is 30.3 Å². The molecule has 2 heterocycles. The SMILES string of the molecule is COc1cc(/C=N/NC(=O)c2cccs2)ccc1OCc1ccc(C(=O)O)o1. The van der Waals surface area contributed by atoms with Gasteiger partial charge in [-0.25, -0.2) is 10.2 Å². The number of methoxy groups -OCH3 is 1. The van der Waals surface area contributed by atoms with Gasteiger partial charge in [-0.2, -0.15) is 5.10 Å². The number of carboxylic acid groups (broad SMARTS) is 1. The summed E-state index contributed by atoms with van der Waals surface area (Å²) in [5.74, 6) is -0.284. The number of amides is 1. The predicted molar refractivity (Wildman–Crippen MR) is 102 cm³/mol. The summed E-state index contributed by atoms with van der Waals surface area (Å²) in [7, 11) is 1.50. The fourth-order valence-corrected chi connectivity index (χ4v) is 2.84. The highest BCUT2D eigenvalue weighted by Crippen LogP contribution is 2.28. The first-order chi connectivity index (χ1) is 13.6. The van der Waals surface area contributed by atoms with Gasteiger partial charge in [0.2, 0.25) is 5.76 Å². The molecule has 0 bridgehead atoms. The van der Waals surface area contributed by atoms with Crippen molar-refractivity contribution < 1.29 is 28.6 Å². The number of hydrogen-bond acceptors (Lipinski definition) is 7. The molecule has 3 aromatic rings. The summed E-state index contributed by atoms with van der Waals surface area (Å²) >= 11 is 1.33. The van der Waals surface area contributed by atoms with Crippen LogP contribution in [0.4, 0.5) is 0 Å². The molecule has 8 nitrogen and oxygen atoms in total. The van der Waals surface area contributed by atoms with Gasteiger partial charge in [0.15, 0.2) is 11.5 Å². The summed E-state index contributed by atoms with van der Waals surface area (Å²) in [4.78, 5) is 23.2. The smallest absolute Gasteiger partial charge is 0.371 e. The molecule has 0 atom stereocenters. The lowest BCUT2D eigenvalue weighted by molar-refractivity contribution is 0.0658. The molecule has 1 aromatic carbocycles. The summed E-state index contributed by atoms with van der Waals surface area (Å²) in [5, 5.41) is 14.6. The van der Waals surface area contributed by atoms with E-state index in [0.717, 1.165) is 0 Å². The zero-order valence-electron chi connectivity index (χ0n) is 14.7. The van der Waals surface area contributed by atoms with Crippen molar-refractivity contribution >= 4 is 29.4 Å². The lowest BCUT2D eigenvalue weighted by atomic mass is 10.2. The van der Waals surface area contributed by atoms with E-state index in [-0.39, 0.29) is 18.3 Å². The minimum absolute atomic E-state index is 0.0496. The number of thiophene rings is 1. The summed E-state index contributed by atoms with van der Waals surface area (Å²) in [6, 6.07) is 11.5. The minimum Gasteiger partial charge on any atom is -0.493 e. The van der Waals surface area contributed by atoms with Crippen molar-refractivity contribution in [3.05, 3.63) is 69.8 Å². The van der Waals surface area contributed by atoms with E-state index in [1.807, 2.05) is 5.38 Å². The minimum atomic E-state index is -1.14. The number of carbonyl (C=O) groups is 2. The molecular weight excluding hydrogens is 384 g/mol. The molecule has 0 unspecified atom stereocenters. The number of ether oxygens (including phenoxy) is 2. The third-order valence-corrected chi connectivity index (χ3v) is 4.42. The molecule has 0 saturated carbocycles. The van der Waals surface area contributed by atoms with Gasteiger partial charge in [-0.3, -0.25) is 4.79 Å². The van der Waals surface area contributed by atoms with E-state index in [0.29, 0.717) is 27.7 Å². The lowest BCUT2D eigenvalue weighted by Crippen LogP contribution is -2.16. The molecule has 0 saturated heterocycles. The fourth-order valence-electron chi connectivity index (χ4n) is 2.23. The first-order valence-corrected chi connectivity index (χ1v) is 8.94. The van der Waals surface area contributed by atoms with Crippen molar-refractivity contribution in [3.8, 4) is 11.5 Å². The van der Waals surface area contributed by atoms with E-state index in [4.69, 9.17) is 19.0 Å². The fraction of sp³-hybridized carbons (Fsp3) is 0.105. The van der Waals surface area contributed by atoms with Crippen molar-refractivity contribution in [3.63, 3.8) is 0 Å². The van der Waals surface area contributed by atoms with Crippen molar-refractivity contribution in [2.24, 2.45) is 5.10 Å². The van der Waals surface area contributed by atoms with Crippen molar-refractivity contribution in [1.29, 1.82) is 0 Å².